The minimum Gasteiger partial charge on any atom is -0.369 e. The van der Waals surface area contributed by atoms with Crippen LogP contribution in [0.1, 0.15) is 46.7 Å². The lowest BCUT2D eigenvalue weighted by Crippen LogP contribution is -2.33. The van der Waals surface area contributed by atoms with Crippen molar-refractivity contribution < 1.29 is 9.53 Å². The highest BCUT2D eigenvalue weighted by Crippen LogP contribution is 2.43. The standard InChI is InChI=1S/C16H18ClN5O2/c17-13-14(9-1-2-9)21-22(15(13)16(18)23)10-3-4-11(20-7-10)12-8-19-5-6-24-12/h3-4,7,9,12,19H,1-2,5-6,8H2,(H2,18,23)/t12-/m1/s1. The number of nitrogens with one attached hydrogen (secondary N) is 1. The van der Waals surface area contributed by atoms with Gasteiger partial charge < -0.3 is 15.8 Å². The first-order valence-corrected chi connectivity index (χ1v) is 8.40. The van der Waals surface area contributed by atoms with Crippen LogP contribution in [0.5, 0.6) is 0 Å². The molecule has 2 fully saturated rings. The van der Waals surface area contributed by atoms with Crippen LogP contribution in [-0.2, 0) is 4.74 Å². The molecule has 3 N–H and O–H groups in total. The number of rotatable bonds is 4. The molecular weight excluding hydrogens is 330 g/mol. The van der Waals surface area contributed by atoms with Gasteiger partial charge in [-0.2, -0.15) is 5.10 Å². The third kappa shape index (κ3) is 2.79. The molecule has 1 atom stereocenters. The van der Waals surface area contributed by atoms with E-state index in [9.17, 15) is 4.79 Å². The maximum Gasteiger partial charge on any atom is 0.269 e. The number of aromatic nitrogens is 3. The molecule has 1 saturated carbocycles. The van der Waals surface area contributed by atoms with E-state index in [2.05, 4.69) is 15.4 Å². The number of carbonyl (C=O) groups is 1. The largest absolute Gasteiger partial charge is 0.369 e. The summed E-state index contributed by atoms with van der Waals surface area (Å²) < 4.78 is 7.19. The Morgan fingerprint density at radius 2 is 2.25 bits per heavy atom. The summed E-state index contributed by atoms with van der Waals surface area (Å²) in [4.78, 5) is 16.3. The smallest absolute Gasteiger partial charge is 0.269 e. The molecule has 2 aromatic heterocycles. The Kier molecular flexibility index (Phi) is 3.99. The highest BCUT2D eigenvalue weighted by molar-refractivity contribution is 6.34. The topological polar surface area (TPSA) is 95.1 Å². The van der Waals surface area contributed by atoms with Gasteiger partial charge in [0.2, 0.25) is 0 Å². The van der Waals surface area contributed by atoms with Crippen LogP contribution in [0.2, 0.25) is 5.02 Å². The summed E-state index contributed by atoms with van der Waals surface area (Å²) in [6.45, 7) is 2.25. The van der Waals surface area contributed by atoms with Crippen LogP contribution < -0.4 is 11.1 Å². The Bertz CT molecular complexity index is 764. The Morgan fingerprint density at radius 1 is 1.42 bits per heavy atom. The van der Waals surface area contributed by atoms with Gasteiger partial charge in [-0.05, 0) is 25.0 Å². The average molecular weight is 348 g/mol. The van der Waals surface area contributed by atoms with Gasteiger partial charge in [0, 0.05) is 19.0 Å². The SMILES string of the molecule is NC(=O)c1c(Cl)c(C2CC2)nn1-c1ccc([C@H]2CNCCO2)nc1. The third-order valence-corrected chi connectivity index (χ3v) is 4.70. The molecule has 24 heavy (non-hydrogen) atoms. The second-order valence-corrected chi connectivity index (χ2v) is 6.48. The zero-order valence-corrected chi connectivity index (χ0v) is 13.8. The molecule has 4 rings (SSSR count). The Labute approximate surface area is 144 Å². The van der Waals surface area contributed by atoms with Crippen LogP contribution in [0.3, 0.4) is 0 Å². The van der Waals surface area contributed by atoms with E-state index in [-0.39, 0.29) is 11.8 Å². The normalized spacial score (nSPS) is 21.0. The van der Waals surface area contributed by atoms with Crippen LogP contribution in [-0.4, -0.2) is 40.4 Å². The molecule has 0 bridgehead atoms. The van der Waals surface area contributed by atoms with Gasteiger partial charge in [0.05, 0.1) is 34.9 Å². The Balaban J connectivity index is 1.68. The zero-order valence-electron chi connectivity index (χ0n) is 13.0. The van der Waals surface area contributed by atoms with Gasteiger partial charge in [0.1, 0.15) is 6.10 Å². The minimum absolute atomic E-state index is 0.0633. The van der Waals surface area contributed by atoms with Gasteiger partial charge in [-0.25, -0.2) is 4.68 Å². The Hall–Kier alpha value is -1.96. The van der Waals surface area contributed by atoms with E-state index in [0.717, 1.165) is 37.3 Å². The molecule has 0 spiro atoms. The second kappa shape index (κ2) is 6.16. The minimum atomic E-state index is -0.594. The van der Waals surface area contributed by atoms with E-state index in [4.69, 9.17) is 22.1 Å². The number of carbonyl (C=O) groups excluding carboxylic acids is 1. The van der Waals surface area contributed by atoms with Crippen LogP contribution in [0.25, 0.3) is 5.69 Å². The van der Waals surface area contributed by atoms with Crippen LogP contribution >= 0.6 is 11.6 Å². The fraction of sp³-hybridized carbons (Fsp3) is 0.438. The molecule has 7 nitrogen and oxygen atoms in total. The molecule has 0 unspecified atom stereocenters. The number of primary amides is 1. The summed E-state index contributed by atoms with van der Waals surface area (Å²) in [5, 5.41) is 8.13. The summed E-state index contributed by atoms with van der Waals surface area (Å²) >= 11 is 6.33. The number of ether oxygens (including phenoxy) is 1. The van der Waals surface area contributed by atoms with Gasteiger partial charge in [0.15, 0.2) is 5.69 Å². The van der Waals surface area contributed by atoms with Crippen molar-refractivity contribution in [1.82, 2.24) is 20.1 Å². The summed E-state index contributed by atoms with van der Waals surface area (Å²) in [7, 11) is 0. The van der Waals surface area contributed by atoms with Crippen molar-refractivity contribution in [3.05, 3.63) is 40.4 Å². The van der Waals surface area contributed by atoms with Crippen molar-refractivity contribution in [2.24, 2.45) is 5.73 Å². The van der Waals surface area contributed by atoms with Crippen LogP contribution in [0.15, 0.2) is 18.3 Å². The number of morpholine rings is 1. The first kappa shape index (κ1) is 15.6. The molecular formula is C16H18ClN5O2. The van der Waals surface area contributed by atoms with Crippen molar-refractivity contribution in [2.45, 2.75) is 24.9 Å². The maximum absolute atomic E-state index is 11.8. The average Bonchev–Trinajstić information content (AvgIpc) is 3.38. The molecule has 1 amide bonds. The number of nitrogens with zero attached hydrogens (tertiary/aromatic N) is 3. The first-order valence-electron chi connectivity index (χ1n) is 8.02. The molecule has 1 aliphatic carbocycles. The van der Waals surface area contributed by atoms with Crippen molar-refractivity contribution in [3.63, 3.8) is 0 Å². The van der Waals surface area contributed by atoms with Crippen LogP contribution in [0, 0.1) is 0 Å². The predicted molar refractivity (Wildman–Crippen MR) is 88.4 cm³/mol. The van der Waals surface area contributed by atoms with E-state index < -0.39 is 5.91 Å². The molecule has 0 aromatic carbocycles. The van der Waals surface area contributed by atoms with Gasteiger partial charge in [-0.15, -0.1) is 0 Å². The fourth-order valence-corrected chi connectivity index (χ4v) is 3.27. The Morgan fingerprint density at radius 3 is 2.83 bits per heavy atom. The third-order valence-electron chi connectivity index (χ3n) is 4.32. The van der Waals surface area contributed by atoms with Crippen molar-refractivity contribution >= 4 is 17.5 Å². The summed E-state index contributed by atoms with van der Waals surface area (Å²) in [5.41, 5.74) is 7.95. The number of hydrogen-bond donors (Lipinski definition) is 2. The highest BCUT2D eigenvalue weighted by atomic mass is 35.5. The van der Waals surface area contributed by atoms with E-state index in [1.165, 1.54) is 4.68 Å². The number of pyridine rings is 1. The summed E-state index contributed by atoms with van der Waals surface area (Å²) in [5.74, 6) is -0.269. The van der Waals surface area contributed by atoms with Gasteiger partial charge >= 0.3 is 0 Å². The number of amides is 1. The molecule has 3 heterocycles. The second-order valence-electron chi connectivity index (χ2n) is 6.10. The first-order chi connectivity index (χ1) is 11.6. The maximum atomic E-state index is 11.8. The van der Waals surface area contributed by atoms with Crippen molar-refractivity contribution in [2.75, 3.05) is 19.7 Å². The van der Waals surface area contributed by atoms with E-state index >= 15 is 0 Å². The predicted octanol–water partition coefficient (Wildman–Crippen LogP) is 1.56. The molecule has 126 valence electrons. The zero-order chi connectivity index (χ0) is 16.7. The molecule has 0 radical (unpaired) electrons. The van der Waals surface area contributed by atoms with Gasteiger partial charge in [-0.3, -0.25) is 9.78 Å². The van der Waals surface area contributed by atoms with Crippen LogP contribution in [0.4, 0.5) is 0 Å². The molecule has 8 heteroatoms. The number of hydrogen-bond acceptors (Lipinski definition) is 5. The van der Waals surface area contributed by atoms with Gasteiger partial charge in [0.25, 0.3) is 5.91 Å². The van der Waals surface area contributed by atoms with E-state index in [1.54, 1.807) is 6.20 Å². The van der Waals surface area contributed by atoms with Crippen molar-refractivity contribution in [1.29, 1.82) is 0 Å². The lowest BCUT2D eigenvalue weighted by molar-refractivity contribution is 0.0250. The van der Waals surface area contributed by atoms with Gasteiger partial charge in [-0.1, -0.05) is 11.6 Å². The number of halogens is 1. The molecule has 1 saturated heterocycles. The molecule has 2 aromatic rings. The lowest BCUT2D eigenvalue weighted by atomic mass is 10.2. The monoisotopic (exact) mass is 347 g/mol. The fourth-order valence-electron chi connectivity index (χ4n) is 2.90. The number of nitrogens with two attached hydrogens (primary N) is 1. The lowest BCUT2D eigenvalue weighted by Gasteiger charge is -2.23. The molecule has 2 aliphatic rings. The highest BCUT2D eigenvalue weighted by Gasteiger charge is 2.33. The van der Waals surface area contributed by atoms with E-state index in [0.29, 0.717) is 23.2 Å². The summed E-state index contributed by atoms with van der Waals surface area (Å²) in [6.07, 6.45) is 3.68. The van der Waals surface area contributed by atoms with E-state index in [1.807, 2.05) is 12.1 Å². The van der Waals surface area contributed by atoms with Crippen molar-refractivity contribution in [3.8, 4) is 5.69 Å². The summed E-state index contributed by atoms with van der Waals surface area (Å²) in [6, 6.07) is 3.73. The molecule has 1 aliphatic heterocycles. The quantitative estimate of drug-likeness (QED) is 0.875.